The molecule has 0 unspecified atom stereocenters. The molecule has 1 amide bonds. The molecule has 0 atom stereocenters. The van der Waals surface area contributed by atoms with Crippen molar-refractivity contribution in [3.05, 3.63) is 10.7 Å². The Balaban J connectivity index is 2.25. The van der Waals surface area contributed by atoms with E-state index < -0.39 is 10.0 Å². The number of rotatable bonds is 3. The van der Waals surface area contributed by atoms with Crippen LogP contribution in [0.3, 0.4) is 0 Å². The van der Waals surface area contributed by atoms with E-state index in [1.807, 2.05) is 0 Å². The zero-order valence-electron chi connectivity index (χ0n) is 11.6. The van der Waals surface area contributed by atoms with Crippen LogP contribution in [0.25, 0.3) is 0 Å². The van der Waals surface area contributed by atoms with Gasteiger partial charge in [-0.1, -0.05) is 11.6 Å². The van der Waals surface area contributed by atoms with Gasteiger partial charge in [0.1, 0.15) is 5.02 Å². The number of amides is 1. The van der Waals surface area contributed by atoms with E-state index in [1.54, 1.807) is 11.6 Å². The summed E-state index contributed by atoms with van der Waals surface area (Å²) in [4.78, 5) is 13.8. The number of carbonyl (C=O) groups excluding carboxylic acids is 1. The number of carbonyl (C=O) groups is 1. The Kier molecular flexibility index (Phi) is 4.08. The van der Waals surface area contributed by atoms with Gasteiger partial charge >= 0.3 is 0 Å². The van der Waals surface area contributed by atoms with Crippen LogP contribution in [-0.4, -0.2) is 54.8 Å². The van der Waals surface area contributed by atoms with Gasteiger partial charge < -0.3 is 0 Å². The Labute approximate surface area is 123 Å². The third-order valence-corrected chi connectivity index (χ3v) is 4.97. The molecular weight excluding hydrogens is 304 g/mol. The maximum absolute atomic E-state index is 12.3. The molecule has 0 radical (unpaired) electrons. The van der Waals surface area contributed by atoms with E-state index in [4.69, 9.17) is 11.6 Å². The second-order valence-electron chi connectivity index (χ2n) is 4.86. The molecule has 0 saturated heterocycles. The van der Waals surface area contributed by atoms with Crippen molar-refractivity contribution in [2.75, 3.05) is 31.3 Å². The summed E-state index contributed by atoms with van der Waals surface area (Å²) in [5, 5.41) is 4.71. The quantitative estimate of drug-likeness (QED) is 0.811. The molecule has 0 N–H and O–H groups in total. The first-order valence-electron chi connectivity index (χ1n) is 6.16. The van der Waals surface area contributed by atoms with Gasteiger partial charge in [-0.05, 0) is 13.3 Å². The molecule has 0 aromatic carbocycles. The molecule has 0 bridgehead atoms. The summed E-state index contributed by atoms with van der Waals surface area (Å²) in [6, 6.07) is 0. The van der Waals surface area contributed by atoms with Crippen LogP contribution in [-0.2, 0) is 21.4 Å². The van der Waals surface area contributed by atoms with Gasteiger partial charge in [0.25, 0.3) is 0 Å². The number of aryl methyl sites for hydroxylation is 2. The summed E-state index contributed by atoms with van der Waals surface area (Å²) in [5.41, 5.74) is 0.665. The van der Waals surface area contributed by atoms with Crippen LogP contribution in [0.15, 0.2) is 0 Å². The second kappa shape index (κ2) is 5.34. The van der Waals surface area contributed by atoms with Gasteiger partial charge in [0.05, 0.1) is 18.5 Å². The lowest BCUT2D eigenvalue weighted by Crippen LogP contribution is -2.44. The predicted molar refractivity (Wildman–Crippen MR) is 76.4 cm³/mol. The number of sulfonamides is 1. The molecule has 1 aromatic heterocycles. The second-order valence-corrected chi connectivity index (χ2v) is 7.33. The number of likely N-dealkylation sites (N-methyl/N-ethyl adjacent to an activating group) is 1. The highest BCUT2D eigenvalue weighted by atomic mass is 35.5. The first-order valence-corrected chi connectivity index (χ1v) is 8.39. The molecule has 2 rings (SSSR count). The molecule has 2 heterocycles. The number of anilines is 1. The van der Waals surface area contributed by atoms with E-state index in [1.165, 1.54) is 11.9 Å². The van der Waals surface area contributed by atoms with Crippen LogP contribution in [0, 0.1) is 6.92 Å². The van der Waals surface area contributed by atoms with Crippen LogP contribution in [0.2, 0.25) is 5.02 Å². The Morgan fingerprint density at radius 1 is 1.45 bits per heavy atom. The number of fused-ring (bicyclic) bond motifs is 1. The zero-order chi connectivity index (χ0) is 15.1. The normalized spacial score (nSPS) is 15.6. The van der Waals surface area contributed by atoms with Crippen LogP contribution >= 0.6 is 11.6 Å². The lowest BCUT2D eigenvalue weighted by molar-refractivity contribution is -0.118. The van der Waals surface area contributed by atoms with Crippen LogP contribution in [0.4, 0.5) is 5.82 Å². The fourth-order valence-electron chi connectivity index (χ4n) is 2.08. The molecule has 20 heavy (non-hydrogen) atoms. The number of halogens is 1. The van der Waals surface area contributed by atoms with E-state index in [9.17, 15) is 13.2 Å². The third kappa shape index (κ3) is 2.82. The lowest BCUT2D eigenvalue weighted by atomic mass is 10.3. The molecule has 0 aliphatic carbocycles. The minimum Gasteiger partial charge on any atom is -0.295 e. The fourth-order valence-corrected chi connectivity index (χ4v) is 2.66. The Morgan fingerprint density at radius 3 is 2.70 bits per heavy atom. The number of hydrogen-bond acceptors (Lipinski definition) is 4. The van der Waals surface area contributed by atoms with Gasteiger partial charge in [0, 0.05) is 20.1 Å². The number of hydrogen-bond donors (Lipinski definition) is 0. The van der Waals surface area contributed by atoms with Crippen molar-refractivity contribution in [3.8, 4) is 0 Å². The molecule has 1 aromatic rings. The topological polar surface area (TPSA) is 75.5 Å². The highest BCUT2D eigenvalue weighted by molar-refractivity contribution is 7.88. The number of nitrogens with zero attached hydrogens (tertiary/aromatic N) is 4. The summed E-state index contributed by atoms with van der Waals surface area (Å²) in [7, 11) is -2.01. The maximum Gasteiger partial charge on any atom is 0.243 e. The Morgan fingerprint density at radius 2 is 2.10 bits per heavy atom. The summed E-state index contributed by atoms with van der Waals surface area (Å²) >= 11 is 6.18. The Hall–Kier alpha value is -1.12. The van der Waals surface area contributed by atoms with Crippen molar-refractivity contribution in [3.63, 3.8) is 0 Å². The van der Waals surface area contributed by atoms with Crippen molar-refractivity contribution in [2.45, 2.75) is 19.9 Å². The SMILES string of the molecule is Cc1nn2c(c1Cl)N(C(=O)CN(C)S(C)(=O)=O)CCC2. The number of aromatic nitrogens is 2. The van der Waals surface area contributed by atoms with Crippen molar-refractivity contribution >= 4 is 33.3 Å². The van der Waals surface area contributed by atoms with Crippen LogP contribution in [0.1, 0.15) is 12.1 Å². The smallest absolute Gasteiger partial charge is 0.243 e. The van der Waals surface area contributed by atoms with Gasteiger partial charge in [0.2, 0.25) is 15.9 Å². The average Bonchev–Trinajstić information content (AvgIpc) is 2.64. The van der Waals surface area contributed by atoms with Gasteiger partial charge in [-0.25, -0.2) is 13.1 Å². The van der Waals surface area contributed by atoms with Gasteiger partial charge in [0.15, 0.2) is 5.82 Å². The molecule has 7 nitrogen and oxygen atoms in total. The minimum absolute atomic E-state index is 0.209. The van der Waals surface area contributed by atoms with Gasteiger partial charge in [-0.2, -0.15) is 9.40 Å². The standard InChI is InChI=1S/C11H17ClN4O3S/c1-8-10(12)11-15(5-4-6-16(11)13-8)9(17)7-14(2)20(3,18)19/h4-7H2,1-3H3. The highest BCUT2D eigenvalue weighted by Crippen LogP contribution is 2.32. The van der Waals surface area contributed by atoms with Crippen LogP contribution in [0.5, 0.6) is 0 Å². The summed E-state index contributed by atoms with van der Waals surface area (Å²) < 4.78 is 25.5. The molecule has 112 valence electrons. The molecule has 1 aliphatic rings. The molecule has 0 saturated carbocycles. The van der Waals surface area contributed by atoms with Gasteiger partial charge in [-0.3, -0.25) is 9.69 Å². The van der Waals surface area contributed by atoms with E-state index in [2.05, 4.69) is 5.10 Å². The predicted octanol–water partition coefficient (Wildman–Crippen LogP) is 0.473. The zero-order valence-corrected chi connectivity index (χ0v) is 13.2. The average molecular weight is 321 g/mol. The lowest BCUT2D eigenvalue weighted by Gasteiger charge is -2.29. The first-order chi connectivity index (χ1) is 9.21. The van der Waals surface area contributed by atoms with E-state index in [0.29, 0.717) is 29.6 Å². The highest BCUT2D eigenvalue weighted by Gasteiger charge is 2.29. The van der Waals surface area contributed by atoms with E-state index in [-0.39, 0.29) is 12.5 Å². The summed E-state index contributed by atoms with van der Waals surface area (Å²) in [6.45, 7) is 2.79. The fraction of sp³-hybridized carbons (Fsp3) is 0.636. The van der Waals surface area contributed by atoms with E-state index in [0.717, 1.165) is 17.0 Å². The third-order valence-electron chi connectivity index (χ3n) is 3.26. The van der Waals surface area contributed by atoms with E-state index >= 15 is 0 Å². The maximum atomic E-state index is 12.3. The molecule has 0 fully saturated rings. The monoisotopic (exact) mass is 320 g/mol. The largest absolute Gasteiger partial charge is 0.295 e. The molecule has 0 spiro atoms. The minimum atomic E-state index is -3.39. The van der Waals surface area contributed by atoms with Crippen molar-refractivity contribution < 1.29 is 13.2 Å². The molecule has 9 heteroatoms. The molecule has 1 aliphatic heterocycles. The summed E-state index contributed by atoms with van der Waals surface area (Å²) in [6.07, 6.45) is 1.83. The van der Waals surface area contributed by atoms with Crippen molar-refractivity contribution in [2.24, 2.45) is 0 Å². The van der Waals surface area contributed by atoms with Crippen molar-refractivity contribution in [1.82, 2.24) is 14.1 Å². The summed E-state index contributed by atoms with van der Waals surface area (Å²) in [5.74, 6) is 0.253. The van der Waals surface area contributed by atoms with Crippen LogP contribution < -0.4 is 4.90 Å². The first kappa shape index (κ1) is 15.3. The van der Waals surface area contributed by atoms with Crippen molar-refractivity contribution in [1.29, 1.82) is 0 Å². The van der Waals surface area contributed by atoms with Gasteiger partial charge in [-0.15, -0.1) is 0 Å². The molecular formula is C11H17ClN4O3S. The Bertz CT molecular complexity index is 640.